The zero-order chi connectivity index (χ0) is 27.1. The Bertz CT molecular complexity index is 1280. The van der Waals surface area contributed by atoms with Gasteiger partial charge in [0.05, 0.1) is 0 Å². The van der Waals surface area contributed by atoms with Crippen molar-refractivity contribution in [2.24, 2.45) is 0 Å². The van der Waals surface area contributed by atoms with Crippen LogP contribution in [0.4, 0.5) is 0 Å². The first-order valence-electron chi connectivity index (χ1n) is 15.6. The molecule has 6 rings (SSSR count). The first-order chi connectivity index (χ1) is 19.2. The molecule has 3 aliphatic rings. The molecule has 1 saturated heterocycles. The summed E-state index contributed by atoms with van der Waals surface area (Å²) in [4.78, 5) is 0. The number of hydrogen-bond acceptors (Lipinski definition) is 0. The van der Waals surface area contributed by atoms with Crippen LogP contribution in [0.25, 0.3) is 23.3 Å². The summed E-state index contributed by atoms with van der Waals surface area (Å²) >= 11 is -0.989. The van der Waals surface area contributed by atoms with Gasteiger partial charge in [-0.05, 0) is 0 Å². The summed E-state index contributed by atoms with van der Waals surface area (Å²) in [6.07, 6.45) is 16.0. The van der Waals surface area contributed by atoms with Crippen LogP contribution in [-0.2, 0) is 22.9 Å². The molecule has 0 radical (unpaired) electrons. The monoisotopic (exact) mass is 698 g/mol. The summed E-state index contributed by atoms with van der Waals surface area (Å²) in [7, 11) is 0.543. The summed E-state index contributed by atoms with van der Waals surface area (Å²) in [6, 6.07) is 30.6. The van der Waals surface area contributed by atoms with Crippen LogP contribution < -0.4 is 0 Å². The zero-order valence-electron chi connectivity index (χ0n) is 24.4. The molecule has 202 valence electrons. The maximum atomic E-state index is 2.61. The van der Waals surface area contributed by atoms with Gasteiger partial charge in [0.15, 0.2) is 0 Å². The number of fused-ring (bicyclic) bond motifs is 2. The average Bonchev–Trinajstić information content (AvgIpc) is 3.74. The Hall–Kier alpha value is -1.77. The molecule has 0 saturated carbocycles. The molecule has 3 aromatic rings. The summed E-state index contributed by atoms with van der Waals surface area (Å²) in [6.45, 7) is 7.19. The second-order valence-electron chi connectivity index (χ2n) is 11.8. The van der Waals surface area contributed by atoms with E-state index in [4.69, 9.17) is 0 Å². The van der Waals surface area contributed by atoms with Crippen LogP contribution in [0.15, 0.2) is 84.4 Å². The Morgan fingerprint density at radius 3 is 2.31 bits per heavy atom. The van der Waals surface area contributed by atoms with Crippen LogP contribution in [0.2, 0.25) is 19.4 Å². The Labute approximate surface area is 251 Å². The SMILES string of the molecule is C1CC[SiH2]C1.CCC[CH2][Hf][C](CCC)(C1C=Cc2c(-c3ccccc3)cccc21)C1C(C)=Cc2ccccc21. The third-order valence-electron chi connectivity index (χ3n) is 9.13. The number of unbranched alkanes of at least 4 members (excludes halogenated alkanes) is 1. The van der Waals surface area contributed by atoms with E-state index < -0.39 is 22.9 Å². The predicted molar refractivity (Wildman–Crippen MR) is 171 cm³/mol. The fraction of sp³-hybridized carbons (Fsp3) is 0.405. The molecule has 1 fully saturated rings. The van der Waals surface area contributed by atoms with Gasteiger partial charge in [0, 0.05) is 9.52 Å². The van der Waals surface area contributed by atoms with Crippen LogP contribution >= 0.6 is 0 Å². The first-order valence-corrected chi connectivity index (χ1v) is 21.9. The fourth-order valence-corrected chi connectivity index (χ4v) is 18.1. The van der Waals surface area contributed by atoms with E-state index >= 15 is 0 Å². The molecule has 1 heterocycles. The molecule has 0 bridgehead atoms. The van der Waals surface area contributed by atoms with Crippen molar-refractivity contribution in [1.29, 1.82) is 0 Å². The molecular weight excluding hydrogens is 651 g/mol. The van der Waals surface area contributed by atoms with Crippen LogP contribution in [0.5, 0.6) is 0 Å². The molecule has 3 unspecified atom stereocenters. The molecule has 0 aromatic heterocycles. The van der Waals surface area contributed by atoms with Crippen molar-refractivity contribution >= 4 is 21.7 Å². The van der Waals surface area contributed by atoms with Crippen molar-refractivity contribution in [3.63, 3.8) is 0 Å². The van der Waals surface area contributed by atoms with Gasteiger partial charge >= 0.3 is 219 Å². The normalized spacial score (nSPS) is 20.4. The van der Waals surface area contributed by atoms with Crippen molar-refractivity contribution in [2.45, 2.75) is 90.6 Å². The summed E-state index contributed by atoms with van der Waals surface area (Å²) < 4.78 is 1.90. The maximum absolute atomic E-state index is 2.61. The molecule has 39 heavy (non-hydrogen) atoms. The first kappa shape index (κ1) is 28.7. The summed E-state index contributed by atoms with van der Waals surface area (Å²) in [5.41, 5.74) is 10.4. The Balaban J connectivity index is 0.000000555. The van der Waals surface area contributed by atoms with Gasteiger partial charge in [-0.25, -0.2) is 0 Å². The van der Waals surface area contributed by atoms with E-state index in [0.29, 0.717) is 24.5 Å². The Morgan fingerprint density at radius 2 is 1.59 bits per heavy atom. The quantitative estimate of drug-likeness (QED) is 0.154. The second-order valence-corrected chi connectivity index (χ2v) is 20.3. The molecule has 2 aliphatic carbocycles. The Morgan fingerprint density at radius 1 is 0.846 bits per heavy atom. The van der Waals surface area contributed by atoms with Crippen molar-refractivity contribution < 1.29 is 22.9 Å². The van der Waals surface area contributed by atoms with Gasteiger partial charge in [0.1, 0.15) is 0 Å². The van der Waals surface area contributed by atoms with Crippen LogP contribution in [0.3, 0.4) is 0 Å². The molecule has 1 aliphatic heterocycles. The van der Waals surface area contributed by atoms with Crippen LogP contribution in [-0.4, -0.2) is 9.52 Å². The molecule has 3 aromatic carbocycles. The molecular formula is C37H46HfSi. The average molecular weight is 697 g/mol. The summed E-state index contributed by atoms with van der Waals surface area (Å²) in [5.74, 6) is 1.11. The van der Waals surface area contributed by atoms with E-state index in [9.17, 15) is 0 Å². The van der Waals surface area contributed by atoms with E-state index in [1.165, 1.54) is 52.1 Å². The number of hydrogen-bond donors (Lipinski definition) is 0. The van der Waals surface area contributed by atoms with Crippen molar-refractivity contribution in [1.82, 2.24) is 0 Å². The number of allylic oxidation sites excluding steroid dienone is 2. The van der Waals surface area contributed by atoms with Gasteiger partial charge in [-0.2, -0.15) is 0 Å². The van der Waals surface area contributed by atoms with E-state index in [2.05, 4.69) is 112 Å². The van der Waals surface area contributed by atoms with Crippen molar-refractivity contribution in [3.8, 4) is 11.1 Å². The molecule has 0 spiro atoms. The van der Waals surface area contributed by atoms with Crippen LogP contribution in [0, 0.1) is 0 Å². The molecule has 2 heteroatoms. The van der Waals surface area contributed by atoms with Crippen molar-refractivity contribution in [3.05, 3.63) is 107 Å². The van der Waals surface area contributed by atoms with Gasteiger partial charge in [0.2, 0.25) is 0 Å². The topological polar surface area (TPSA) is 0 Å². The third-order valence-corrected chi connectivity index (χ3v) is 18.7. The summed E-state index contributed by atoms with van der Waals surface area (Å²) in [5, 5.41) is 0. The van der Waals surface area contributed by atoms with E-state index in [0.717, 1.165) is 0 Å². The minimum absolute atomic E-state index is 0.397. The van der Waals surface area contributed by atoms with Gasteiger partial charge in [-0.3, -0.25) is 0 Å². The van der Waals surface area contributed by atoms with E-state index in [1.807, 2.05) is 0 Å². The molecule has 3 atom stereocenters. The third kappa shape index (κ3) is 6.13. The fourth-order valence-electron chi connectivity index (χ4n) is 7.39. The number of rotatable bonds is 9. The molecule has 0 amide bonds. The molecule has 0 N–H and O–H groups in total. The van der Waals surface area contributed by atoms with E-state index in [1.54, 1.807) is 41.6 Å². The van der Waals surface area contributed by atoms with Gasteiger partial charge in [0.25, 0.3) is 0 Å². The van der Waals surface area contributed by atoms with Gasteiger partial charge < -0.3 is 0 Å². The van der Waals surface area contributed by atoms with Gasteiger partial charge in [-0.1, -0.05) is 24.9 Å². The van der Waals surface area contributed by atoms with Crippen molar-refractivity contribution in [2.75, 3.05) is 0 Å². The zero-order valence-corrected chi connectivity index (χ0v) is 29.4. The molecule has 0 nitrogen and oxygen atoms in total. The standard InChI is InChI=1S/C29H27.C4H10Si.C4H9.Hf/c1-3-10-28(29-20(2)19-22-13-7-8-14-24(22)29)27-18-17-26-23(15-9-16-25(26)27)21-11-5-4-6-12-21;1-2-4-5-3-1;1-3-4-2;/h4-9,11-19,27,29H,3,10H2,1-2H3;1-5H2;1,3-4H2,2H3;. The minimum atomic E-state index is -0.989. The van der Waals surface area contributed by atoms with Crippen LogP contribution in [0.1, 0.15) is 93.4 Å². The Kier molecular flexibility index (Phi) is 10.1. The van der Waals surface area contributed by atoms with Gasteiger partial charge in [-0.15, -0.1) is 0 Å². The number of benzene rings is 3. The van der Waals surface area contributed by atoms with E-state index in [-0.39, 0.29) is 0 Å². The second kappa shape index (κ2) is 13.7. The predicted octanol–water partition coefficient (Wildman–Crippen LogP) is 10.7.